The first-order chi connectivity index (χ1) is 14.4. The fraction of sp³-hybridized carbons (Fsp3) is 0.333. The highest BCUT2D eigenvalue weighted by Crippen LogP contribution is 2.33. The number of nitrogens with zero attached hydrogens (tertiary/aromatic N) is 1. The van der Waals surface area contributed by atoms with E-state index in [4.69, 9.17) is 37.4 Å². The largest absolute Gasteiger partial charge is 0.494 e. The number of ether oxygens (including phenoxy) is 3. The van der Waals surface area contributed by atoms with E-state index < -0.39 is 11.9 Å². The molecule has 2 aromatic carbocycles. The lowest BCUT2D eigenvalue weighted by Crippen LogP contribution is -2.37. The molecule has 0 saturated carbocycles. The van der Waals surface area contributed by atoms with Gasteiger partial charge in [0.15, 0.2) is 0 Å². The lowest BCUT2D eigenvalue weighted by atomic mass is 10.1. The Bertz CT molecular complexity index is 945. The first-order valence-electron chi connectivity index (χ1n) is 9.42. The third kappa shape index (κ3) is 4.98. The molecule has 1 saturated heterocycles. The predicted molar refractivity (Wildman–Crippen MR) is 116 cm³/mol. The van der Waals surface area contributed by atoms with Crippen molar-refractivity contribution in [1.82, 2.24) is 0 Å². The molecule has 9 heteroatoms. The Labute approximate surface area is 184 Å². The van der Waals surface area contributed by atoms with Crippen LogP contribution in [0.1, 0.15) is 27.6 Å². The third-order valence-electron chi connectivity index (χ3n) is 4.56. The Hall–Kier alpha value is -2.48. The van der Waals surface area contributed by atoms with Crippen molar-refractivity contribution in [3.8, 4) is 5.75 Å². The number of morpholine rings is 1. The van der Waals surface area contributed by atoms with Crippen molar-refractivity contribution in [2.45, 2.75) is 6.92 Å². The van der Waals surface area contributed by atoms with Gasteiger partial charge in [0.2, 0.25) is 0 Å². The normalized spacial score (nSPS) is 13.7. The van der Waals surface area contributed by atoms with E-state index in [1.165, 1.54) is 19.2 Å². The molecule has 3 rings (SSSR count). The van der Waals surface area contributed by atoms with Gasteiger partial charge in [-0.1, -0.05) is 23.2 Å². The monoisotopic (exact) mass is 452 g/mol. The fourth-order valence-electron chi connectivity index (χ4n) is 3.20. The number of anilines is 2. The van der Waals surface area contributed by atoms with Crippen LogP contribution in [-0.2, 0) is 9.47 Å². The van der Waals surface area contributed by atoms with Crippen molar-refractivity contribution < 1.29 is 23.8 Å². The summed E-state index contributed by atoms with van der Waals surface area (Å²) in [4.78, 5) is 27.5. The van der Waals surface area contributed by atoms with Crippen LogP contribution < -0.4 is 15.0 Å². The first-order valence-corrected chi connectivity index (χ1v) is 10.2. The first kappa shape index (κ1) is 22.2. The molecule has 0 aliphatic carbocycles. The fourth-order valence-corrected chi connectivity index (χ4v) is 3.77. The number of halogens is 2. The average Bonchev–Trinajstić information content (AvgIpc) is 2.74. The van der Waals surface area contributed by atoms with Gasteiger partial charge in [0.1, 0.15) is 5.75 Å². The van der Waals surface area contributed by atoms with Crippen LogP contribution in [-0.4, -0.2) is 51.9 Å². The van der Waals surface area contributed by atoms with Gasteiger partial charge in [0, 0.05) is 23.8 Å². The minimum absolute atomic E-state index is 0.185. The maximum absolute atomic E-state index is 12.8. The molecule has 1 aliphatic heterocycles. The zero-order valence-corrected chi connectivity index (χ0v) is 18.2. The molecule has 1 heterocycles. The van der Waals surface area contributed by atoms with E-state index >= 15 is 0 Å². The second-order valence-electron chi connectivity index (χ2n) is 6.47. The number of hydrogen-bond donors (Lipinski definition) is 1. The molecule has 30 heavy (non-hydrogen) atoms. The predicted octanol–water partition coefficient (Wildman–Crippen LogP) is 4.27. The number of nitrogens with one attached hydrogen (secondary N) is 1. The Morgan fingerprint density at radius 2 is 1.87 bits per heavy atom. The smallest absolute Gasteiger partial charge is 0.340 e. The summed E-state index contributed by atoms with van der Waals surface area (Å²) in [5.74, 6) is -0.710. The van der Waals surface area contributed by atoms with Gasteiger partial charge in [0.25, 0.3) is 5.91 Å². The van der Waals surface area contributed by atoms with E-state index in [1.54, 1.807) is 25.1 Å². The summed E-state index contributed by atoms with van der Waals surface area (Å²) in [6.07, 6.45) is 0. The van der Waals surface area contributed by atoms with Gasteiger partial charge in [-0.05, 0) is 37.3 Å². The molecule has 1 aliphatic rings. The molecular weight excluding hydrogens is 431 g/mol. The summed E-state index contributed by atoms with van der Waals surface area (Å²) in [6.45, 7) is 4.47. The molecule has 1 fully saturated rings. The van der Waals surface area contributed by atoms with Crippen LogP contribution in [0.4, 0.5) is 11.4 Å². The Morgan fingerprint density at radius 1 is 1.13 bits per heavy atom. The topological polar surface area (TPSA) is 77.1 Å². The third-order valence-corrected chi connectivity index (χ3v) is 5.06. The second-order valence-corrected chi connectivity index (χ2v) is 7.32. The summed E-state index contributed by atoms with van der Waals surface area (Å²) < 4.78 is 15.8. The molecule has 7 nitrogen and oxygen atoms in total. The van der Waals surface area contributed by atoms with E-state index in [0.29, 0.717) is 42.6 Å². The molecule has 160 valence electrons. The molecule has 2 aromatic rings. The zero-order chi connectivity index (χ0) is 21.7. The van der Waals surface area contributed by atoms with Crippen molar-refractivity contribution in [3.05, 3.63) is 51.5 Å². The Morgan fingerprint density at radius 3 is 2.53 bits per heavy atom. The van der Waals surface area contributed by atoms with Gasteiger partial charge in [-0.25, -0.2) is 4.79 Å². The molecule has 0 atom stereocenters. The molecule has 0 spiro atoms. The van der Waals surface area contributed by atoms with Gasteiger partial charge in [-0.2, -0.15) is 0 Å². The molecule has 1 N–H and O–H groups in total. The summed E-state index contributed by atoms with van der Waals surface area (Å²) in [5.41, 5.74) is 1.72. The number of amides is 1. The Balaban J connectivity index is 1.92. The standard InChI is InChI=1S/C21H22Cl2N2O5/c1-3-30-21(27)15-12-14(4-5-18(15)25-6-8-29-9-7-25)24-20(26)16-10-13(22)11-17(23)19(16)28-2/h4-5,10-12H,3,6-9H2,1-2H3,(H,24,26). The number of methoxy groups -OCH3 is 1. The van der Waals surface area contributed by atoms with Crippen LogP contribution in [0.25, 0.3) is 0 Å². The summed E-state index contributed by atoms with van der Waals surface area (Å²) >= 11 is 12.2. The molecule has 0 radical (unpaired) electrons. The maximum atomic E-state index is 12.8. The van der Waals surface area contributed by atoms with E-state index in [-0.39, 0.29) is 22.9 Å². The lowest BCUT2D eigenvalue weighted by molar-refractivity contribution is 0.0526. The summed E-state index contributed by atoms with van der Waals surface area (Å²) in [6, 6.07) is 8.07. The SMILES string of the molecule is CCOC(=O)c1cc(NC(=O)c2cc(Cl)cc(Cl)c2OC)ccc1N1CCOCC1. The Kier molecular flexibility index (Phi) is 7.42. The van der Waals surface area contributed by atoms with Gasteiger partial charge < -0.3 is 24.4 Å². The minimum Gasteiger partial charge on any atom is -0.494 e. The van der Waals surface area contributed by atoms with Crippen LogP contribution in [0.3, 0.4) is 0 Å². The number of esters is 1. The van der Waals surface area contributed by atoms with Crippen LogP contribution >= 0.6 is 23.2 Å². The number of carbonyl (C=O) groups is 2. The highest BCUT2D eigenvalue weighted by molar-refractivity contribution is 6.36. The van der Waals surface area contributed by atoms with E-state index in [0.717, 1.165) is 5.69 Å². The van der Waals surface area contributed by atoms with Crippen molar-refractivity contribution in [2.24, 2.45) is 0 Å². The van der Waals surface area contributed by atoms with Gasteiger partial charge in [-0.3, -0.25) is 4.79 Å². The molecule has 0 unspecified atom stereocenters. The van der Waals surface area contributed by atoms with Crippen LogP contribution in [0.2, 0.25) is 10.0 Å². The summed E-state index contributed by atoms with van der Waals surface area (Å²) in [7, 11) is 1.42. The zero-order valence-electron chi connectivity index (χ0n) is 16.7. The number of hydrogen-bond acceptors (Lipinski definition) is 6. The van der Waals surface area contributed by atoms with Crippen molar-refractivity contribution in [3.63, 3.8) is 0 Å². The highest BCUT2D eigenvalue weighted by atomic mass is 35.5. The van der Waals surface area contributed by atoms with E-state index in [2.05, 4.69) is 10.2 Å². The molecular formula is C21H22Cl2N2O5. The number of rotatable bonds is 6. The number of carbonyl (C=O) groups excluding carboxylic acids is 2. The molecule has 0 bridgehead atoms. The van der Waals surface area contributed by atoms with E-state index in [9.17, 15) is 9.59 Å². The quantitative estimate of drug-likeness (QED) is 0.659. The average molecular weight is 453 g/mol. The summed E-state index contributed by atoms with van der Waals surface area (Å²) in [5, 5.41) is 3.30. The van der Waals surface area contributed by atoms with E-state index in [1.807, 2.05) is 0 Å². The minimum atomic E-state index is -0.467. The molecule has 1 amide bonds. The van der Waals surface area contributed by atoms with Crippen LogP contribution in [0.15, 0.2) is 30.3 Å². The molecule has 0 aromatic heterocycles. The van der Waals surface area contributed by atoms with Gasteiger partial charge in [-0.15, -0.1) is 0 Å². The second kappa shape index (κ2) is 10.0. The van der Waals surface area contributed by atoms with Gasteiger partial charge >= 0.3 is 5.97 Å². The lowest BCUT2D eigenvalue weighted by Gasteiger charge is -2.30. The highest BCUT2D eigenvalue weighted by Gasteiger charge is 2.22. The van der Waals surface area contributed by atoms with Crippen molar-refractivity contribution in [2.75, 3.05) is 50.2 Å². The van der Waals surface area contributed by atoms with Gasteiger partial charge in [0.05, 0.1) is 48.8 Å². The van der Waals surface area contributed by atoms with Crippen LogP contribution in [0.5, 0.6) is 5.75 Å². The number of benzene rings is 2. The maximum Gasteiger partial charge on any atom is 0.340 e. The van der Waals surface area contributed by atoms with Crippen molar-refractivity contribution >= 4 is 46.5 Å². The van der Waals surface area contributed by atoms with Crippen molar-refractivity contribution in [1.29, 1.82) is 0 Å². The van der Waals surface area contributed by atoms with Crippen LogP contribution in [0, 0.1) is 0 Å².